The number of rotatable bonds is 4. The lowest BCUT2D eigenvalue weighted by Crippen LogP contribution is -2.07. The normalized spacial score (nSPS) is 11.5. The average Bonchev–Trinajstić information content (AvgIpc) is 2.55. The van der Waals surface area contributed by atoms with Crippen LogP contribution in [0, 0.1) is 0 Å². The molecule has 74 valence electrons. The third-order valence-electron chi connectivity index (χ3n) is 2.30. The lowest BCUT2D eigenvalue weighted by molar-refractivity contribution is 0.895. The van der Waals surface area contributed by atoms with E-state index in [1.54, 1.807) is 10.2 Å². The third-order valence-corrected chi connectivity index (χ3v) is 6.27. The van der Waals surface area contributed by atoms with Gasteiger partial charge in [0.1, 0.15) is 0 Å². The van der Waals surface area contributed by atoms with Crippen molar-refractivity contribution >= 4 is 24.6 Å². The van der Waals surface area contributed by atoms with Gasteiger partial charge in [0.05, 0.1) is 0 Å². The van der Waals surface area contributed by atoms with Crippen molar-refractivity contribution in [3.8, 4) is 0 Å². The van der Waals surface area contributed by atoms with Gasteiger partial charge in [0.15, 0.2) is 0 Å². The molecule has 0 aliphatic carbocycles. The predicted molar refractivity (Wildman–Crippen MR) is 66.0 cm³/mol. The maximum atomic E-state index is 2.35. The largest absolute Gasteiger partial charge is 0.148 e. The van der Waals surface area contributed by atoms with Crippen LogP contribution in [0.5, 0.6) is 0 Å². The first-order chi connectivity index (χ1) is 6.20. The first-order valence-electron chi connectivity index (χ1n) is 5.03. The molecular weight excluding hydrogens is 195 g/mol. The lowest BCUT2D eigenvalue weighted by Gasteiger charge is -2.15. The molecule has 0 aliphatic rings. The predicted octanol–water partition coefficient (Wildman–Crippen LogP) is 4.02. The first kappa shape index (κ1) is 11.2. The van der Waals surface area contributed by atoms with E-state index in [4.69, 9.17) is 0 Å². The summed E-state index contributed by atoms with van der Waals surface area (Å²) in [5.41, 5.74) is 0. The standard InChI is InChI=1S/C11H19PS/c1-5-12(6-2)10-7-8-13-11(10)9(3)4/h7-9H,5-6H2,1-4H3. The van der Waals surface area contributed by atoms with E-state index in [2.05, 4.69) is 39.1 Å². The maximum Gasteiger partial charge on any atom is 0.0147 e. The van der Waals surface area contributed by atoms with Crippen molar-refractivity contribution in [2.45, 2.75) is 33.6 Å². The van der Waals surface area contributed by atoms with Gasteiger partial charge in [0.2, 0.25) is 0 Å². The zero-order valence-corrected chi connectivity index (χ0v) is 10.7. The van der Waals surface area contributed by atoms with E-state index in [0.29, 0.717) is 5.92 Å². The Hall–Kier alpha value is 0.130. The molecule has 0 N–H and O–H groups in total. The minimum atomic E-state index is 0.143. The number of thiophene rings is 1. The summed E-state index contributed by atoms with van der Waals surface area (Å²) in [6, 6.07) is 2.35. The summed E-state index contributed by atoms with van der Waals surface area (Å²) in [6.45, 7) is 9.23. The molecule has 0 amide bonds. The van der Waals surface area contributed by atoms with Crippen molar-refractivity contribution < 1.29 is 0 Å². The smallest absolute Gasteiger partial charge is 0.0147 e. The molecule has 0 nitrogen and oxygen atoms in total. The second-order valence-corrected chi connectivity index (χ2v) is 7.27. The molecule has 0 bridgehead atoms. The number of hydrogen-bond acceptors (Lipinski definition) is 1. The van der Waals surface area contributed by atoms with Crippen molar-refractivity contribution in [3.05, 3.63) is 16.3 Å². The van der Waals surface area contributed by atoms with Gasteiger partial charge in [-0.25, -0.2) is 0 Å². The lowest BCUT2D eigenvalue weighted by atomic mass is 10.2. The van der Waals surface area contributed by atoms with E-state index in [1.165, 1.54) is 12.3 Å². The molecule has 0 radical (unpaired) electrons. The van der Waals surface area contributed by atoms with E-state index in [9.17, 15) is 0 Å². The Morgan fingerprint density at radius 1 is 1.31 bits per heavy atom. The topological polar surface area (TPSA) is 0 Å². The van der Waals surface area contributed by atoms with Gasteiger partial charge in [0.25, 0.3) is 0 Å². The van der Waals surface area contributed by atoms with Gasteiger partial charge in [-0.1, -0.05) is 35.6 Å². The van der Waals surface area contributed by atoms with Gasteiger partial charge in [0, 0.05) is 4.88 Å². The summed E-state index contributed by atoms with van der Waals surface area (Å²) in [7, 11) is 0.143. The van der Waals surface area contributed by atoms with Crippen molar-refractivity contribution in [1.29, 1.82) is 0 Å². The molecule has 1 rings (SSSR count). The average molecular weight is 214 g/mol. The van der Waals surface area contributed by atoms with Crippen LogP contribution in [-0.2, 0) is 0 Å². The fourth-order valence-corrected chi connectivity index (χ4v) is 5.01. The van der Waals surface area contributed by atoms with E-state index < -0.39 is 0 Å². The highest BCUT2D eigenvalue weighted by Gasteiger charge is 2.14. The molecule has 2 heteroatoms. The summed E-state index contributed by atoms with van der Waals surface area (Å²) < 4.78 is 0. The van der Waals surface area contributed by atoms with Gasteiger partial charge >= 0.3 is 0 Å². The fraction of sp³-hybridized carbons (Fsp3) is 0.636. The summed E-state index contributed by atoms with van der Waals surface area (Å²) in [4.78, 5) is 1.62. The SMILES string of the molecule is CCP(CC)c1ccsc1C(C)C. The van der Waals surface area contributed by atoms with Gasteiger partial charge in [-0.3, -0.25) is 0 Å². The molecule has 1 heterocycles. The van der Waals surface area contributed by atoms with Crippen molar-refractivity contribution in [2.24, 2.45) is 0 Å². The summed E-state index contributed by atoms with van der Waals surface area (Å²) in [6.07, 6.45) is 2.67. The van der Waals surface area contributed by atoms with Gasteiger partial charge in [-0.2, -0.15) is 0 Å². The second kappa shape index (κ2) is 5.12. The maximum absolute atomic E-state index is 2.35. The molecule has 13 heavy (non-hydrogen) atoms. The van der Waals surface area contributed by atoms with Crippen molar-refractivity contribution in [3.63, 3.8) is 0 Å². The Kier molecular flexibility index (Phi) is 4.41. The minimum absolute atomic E-state index is 0.143. The van der Waals surface area contributed by atoms with Crippen LogP contribution >= 0.6 is 19.3 Å². The molecule has 0 aliphatic heterocycles. The van der Waals surface area contributed by atoms with Crippen LogP contribution in [0.1, 0.15) is 38.5 Å². The first-order valence-corrected chi connectivity index (χ1v) is 7.62. The molecule has 1 aromatic rings. The summed E-state index contributed by atoms with van der Waals surface area (Å²) >= 11 is 1.93. The van der Waals surface area contributed by atoms with Crippen LogP contribution in [-0.4, -0.2) is 12.3 Å². The molecule has 0 saturated carbocycles. The molecule has 0 aromatic carbocycles. The van der Waals surface area contributed by atoms with Crippen LogP contribution in [0.3, 0.4) is 0 Å². The van der Waals surface area contributed by atoms with Crippen molar-refractivity contribution in [1.82, 2.24) is 0 Å². The number of hydrogen-bond donors (Lipinski definition) is 0. The molecule has 0 saturated heterocycles. The van der Waals surface area contributed by atoms with E-state index in [0.717, 1.165) is 0 Å². The highest BCUT2D eigenvalue weighted by Crippen LogP contribution is 2.38. The second-order valence-electron chi connectivity index (χ2n) is 3.50. The summed E-state index contributed by atoms with van der Waals surface area (Å²) in [5, 5.41) is 3.92. The molecule has 1 aromatic heterocycles. The quantitative estimate of drug-likeness (QED) is 0.664. The molecule has 0 spiro atoms. The Morgan fingerprint density at radius 3 is 2.38 bits per heavy atom. The van der Waals surface area contributed by atoms with Crippen LogP contribution in [0.4, 0.5) is 0 Å². The van der Waals surface area contributed by atoms with Crippen LogP contribution < -0.4 is 5.30 Å². The van der Waals surface area contributed by atoms with E-state index in [-0.39, 0.29) is 7.92 Å². The minimum Gasteiger partial charge on any atom is -0.148 e. The fourth-order valence-electron chi connectivity index (χ4n) is 1.57. The highest BCUT2D eigenvalue weighted by atomic mass is 32.1. The Bertz CT molecular complexity index is 248. The third kappa shape index (κ3) is 2.54. The zero-order valence-electron chi connectivity index (χ0n) is 9.00. The van der Waals surface area contributed by atoms with E-state index in [1.807, 2.05) is 11.3 Å². The Labute approximate surface area is 87.1 Å². The van der Waals surface area contributed by atoms with Crippen LogP contribution in [0.25, 0.3) is 0 Å². The Morgan fingerprint density at radius 2 is 1.92 bits per heavy atom. The van der Waals surface area contributed by atoms with Gasteiger partial charge in [-0.05, 0) is 35.0 Å². The van der Waals surface area contributed by atoms with Crippen molar-refractivity contribution in [2.75, 3.05) is 12.3 Å². The summed E-state index contributed by atoms with van der Waals surface area (Å²) in [5.74, 6) is 0.707. The highest BCUT2D eigenvalue weighted by molar-refractivity contribution is 7.66. The van der Waals surface area contributed by atoms with Gasteiger partial charge in [-0.15, -0.1) is 11.3 Å². The molecule has 0 atom stereocenters. The molecule has 0 fully saturated rings. The monoisotopic (exact) mass is 214 g/mol. The Balaban J connectivity index is 2.91. The van der Waals surface area contributed by atoms with Gasteiger partial charge < -0.3 is 0 Å². The molecular formula is C11H19PS. The zero-order chi connectivity index (χ0) is 9.84. The molecule has 0 unspecified atom stereocenters. The van der Waals surface area contributed by atoms with E-state index >= 15 is 0 Å². The van der Waals surface area contributed by atoms with Crippen LogP contribution in [0.2, 0.25) is 0 Å². The van der Waals surface area contributed by atoms with Crippen LogP contribution in [0.15, 0.2) is 11.4 Å².